The highest BCUT2D eigenvalue weighted by Crippen LogP contribution is 2.51. The topological polar surface area (TPSA) is 6.48 Å². The summed E-state index contributed by atoms with van der Waals surface area (Å²) in [5.74, 6) is 0. The smallest absolute Gasteiger partial charge is 0.0467 e. The van der Waals surface area contributed by atoms with Crippen LogP contribution in [-0.2, 0) is 5.41 Å². The summed E-state index contributed by atoms with van der Waals surface area (Å²) < 4.78 is 0. The molecule has 11 aromatic carbocycles. The van der Waals surface area contributed by atoms with Crippen LogP contribution >= 0.6 is 0 Å². The van der Waals surface area contributed by atoms with Crippen molar-refractivity contribution in [3.05, 3.63) is 290 Å². The van der Waals surface area contributed by atoms with Gasteiger partial charge in [0.2, 0.25) is 0 Å². The van der Waals surface area contributed by atoms with Gasteiger partial charge in [-0.15, -0.1) is 0 Å². The van der Waals surface area contributed by atoms with Crippen molar-refractivity contribution in [3.63, 3.8) is 0 Å². The van der Waals surface area contributed by atoms with E-state index < -0.39 is 0 Å². The Morgan fingerprint density at radius 1 is 0.211 bits per heavy atom. The van der Waals surface area contributed by atoms with Crippen LogP contribution in [0, 0.1) is 0 Å². The number of rotatable bonds is 11. The number of hydrogen-bond donors (Lipinski definition) is 0. The van der Waals surface area contributed by atoms with Crippen LogP contribution in [0.5, 0.6) is 0 Å². The maximum Gasteiger partial charge on any atom is 0.0467 e. The van der Waals surface area contributed by atoms with Crippen LogP contribution in [0.1, 0.15) is 25.0 Å². The predicted octanol–water partition coefficient (Wildman–Crippen LogP) is 19.3. The molecule has 0 unspecified atom stereocenters. The van der Waals surface area contributed by atoms with E-state index in [-0.39, 0.29) is 5.41 Å². The lowest BCUT2D eigenvalue weighted by Crippen LogP contribution is -2.16. The summed E-state index contributed by atoms with van der Waals surface area (Å²) in [6.45, 7) is 4.72. The van der Waals surface area contributed by atoms with E-state index in [4.69, 9.17) is 0 Å². The fraction of sp³-hybridized carbons (Fsp3) is 0.0435. The lowest BCUT2D eigenvalue weighted by atomic mass is 9.82. The molecule has 71 heavy (non-hydrogen) atoms. The van der Waals surface area contributed by atoms with E-state index in [1.807, 2.05) is 0 Å². The average Bonchev–Trinajstić information content (AvgIpc) is 3.67. The first-order chi connectivity index (χ1) is 35.0. The molecule has 0 heterocycles. The lowest BCUT2D eigenvalue weighted by Gasteiger charge is -2.28. The highest BCUT2D eigenvalue weighted by atomic mass is 15.1. The summed E-state index contributed by atoms with van der Waals surface area (Å²) >= 11 is 0. The molecule has 0 aliphatic heterocycles. The van der Waals surface area contributed by atoms with Gasteiger partial charge in [0.25, 0.3) is 0 Å². The molecule has 0 aromatic heterocycles. The Hall–Kier alpha value is -8.98. The van der Waals surface area contributed by atoms with Gasteiger partial charge in [-0.3, -0.25) is 0 Å². The highest BCUT2D eigenvalue weighted by Gasteiger charge is 2.36. The van der Waals surface area contributed by atoms with E-state index in [1.165, 1.54) is 66.8 Å². The molecule has 0 atom stereocenters. The molecule has 1 aliphatic carbocycles. The van der Waals surface area contributed by atoms with Gasteiger partial charge in [0.15, 0.2) is 0 Å². The summed E-state index contributed by atoms with van der Waals surface area (Å²) in [4.78, 5) is 4.74. The van der Waals surface area contributed by atoms with Crippen LogP contribution in [0.2, 0.25) is 0 Å². The number of anilines is 6. The van der Waals surface area contributed by atoms with Crippen LogP contribution < -0.4 is 9.80 Å². The molecule has 2 nitrogen and oxygen atoms in total. The first-order valence-corrected chi connectivity index (χ1v) is 24.6. The predicted molar refractivity (Wildman–Crippen MR) is 301 cm³/mol. The third-order valence-electron chi connectivity index (χ3n) is 14.3. The van der Waals surface area contributed by atoms with Crippen LogP contribution in [-0.4, -0.2) is 0 Å². The Morgan fingerprint density at radius 3 is 1.06 bits per heavy atom. The molecule has 0 saturated carbocycles. The van der Waals surface area contributed by atoms with E-state index in [9.17, 15) is 0 Å². The quantitative estimate of drug-likeness (QED) is 0.128. The fourth-order valence-electron chi connectivity index (χ4n) is 10.7. The van der Waals surface area contributed by atoms with E-state index in [1.54, 1.807) is 0 Å². The standard InChI is InChI=1S/C69H52N2/c1-69(2)67-34-19-18-33-61(67)62-44-43-60(46-68(62)69)71(59-32-20-27-54(45-59)49-21-8-3-9-22-49)58-41-37-53(38-42-58)66-48-63(50-23-10-4-11-24-50)65(47-64(66)51-25-12-5-13-26-51)52-35-39-57(40-36-52)70(55-28-14-6-15-29-55)56-30-16-7-17-31-56/h3-48H,1-2H3. The second-order valence-corrected chi connectivity index (χ2v) is 18.9. The largest absolute Gasteiger partial charge is 0.311 e. The Labute approximate surface area is 418 Å². The maximum atomic E-state index is 2.42. The van der Waals surface area contributed by atoms with Crippen molar-refractivity contribution >= 4 is 34.1 Å². The number of benzene rings is 11. The van der Waals surface area contributed by atoms with Gasteiger partial charge in [0.1, 0.15) is 0 Å². The van der Waals surface area contributed by atoms with Crippen molar-refractivity contribution in [3.8, 4) is 66.8 Å². The normalized spacial score (nSPS) is 12.2. The van der Waals surface area contributed by atoms with Crippen LogP contribution in [0.4, 0.5) is 34.1 Å². The Bertz CT molecular complexity index is 3580. The molecule has 12 rings (SSSR count). The van der Waals surface area contributed by atoms with Gasteiger partial charge in [-0.2, -0.15) is 0 Å². The molecule has 338 valence electrons. The fourth-order valence-corrected chi connectivity index (χ4v) is 10.7. The van der Waals surface area contributed by atoms with E-state index >= 15 is 0 Å². The van der Waals surface area contributed by atoms with E-state index in [0.717, 1.165) is 45.3 Å². The van der Waals surface area contributed by atoms with Gasteiger partial charge in [-0.1, -0.05) is 208 Å². The average molecular weight is 909 g/mol. The van der Waals surface area contributed by atoms with Crippen LogP contribution in [0.3, 0.4) is 0 Å². The van der Waals surface area contributed by atoms with Crippen molar-refractivity contribution in [1.82, 2.24) is 0 Å². The number of hydrogen-bond acceptors (Lipinski definition) is 2. The van der Waals surface area contributed by atoms with Crippen molar-refractivity contribution in [1.29, 1.82) is 0 Å². The number of fused-ring (bicyclic) bond motifs is 3. The van der Waals surface area contributed by atoms with Crippen molar-refractivity contribution in [2.24, 2.45) is 0 Å². The van der Waals surface area contributed by atoms with E-state index in [0.29, 0.717) is 0 Å². The summed E-state index contributed by atoms with van der Waals surface area (Å²) in [6, 6.07) is 102. The molecule has 0 spiro atoms. The SMILES string of the molecule is CC1(C)c2ccccc2-c2ccc(N(c3ccc(-c4cc(-c5ccccc5)c(-c5ccc(N(c6ccccc6)c6ccccc6)cc5)cc4-c4ccccc4)cc3)c3cccc(-c4ccccc4)c3)cc21. The van der Waals surface area contributed by atoms with Crippen molar-refractivity contribution in [2.75, 3.05) is 9.80 Å². The lowest BCUT2D eigenvalue weighted by molar-refractivity contribution is 0.660. The third kappa shape index (κ3) is 8.20. The summed E-state index contributed by atoms with van der Waals surface area (Å²) in [7, 11) is 0. The first-order valence-electron chi connectivity index (χ1n) is 24.6. The van der Waals surface area contributed by atoms with E-state index in [2.05, 4.69) is 303 Å². The van der Waals surface area contributed by atoms with Gasteiger partial charge < -0.3 is 9.80 Å². The zero-order valence-electron chi connectivity index (χ0n) is 40.0. The Balaban J connectivity index is 0.988. The van der Waals surface area contributed by atoms with Gasteiger partial charge in [-0.25, -0.2) is 0 Å². The first kappa shape index (κ1) is 43.3. The molecule has 11 aromatic rings. The van der Waals surface area contributed by atoms with Gasteiger partial charge in [-0.05, 0) is 163 Å². The molecule has 0 N–H and O–H groups in total. The van der Waals surface area contributed by atoms with Gasteiger partial charge in [0.05, 0.1) is 0 Å². The highest BCUT2D eigenvalue weighted by molar-refractivity contribution is 5.96. The van der Waals surface area contributed by atoms with Gasteiger partial charge >= 0.3 is 0 Å². The van der Waals surface area contributed by atoms with Gasteiger partial charge in [0, 0.05) is 39.5 Å². The molecule has 0 radical (unpaired) electrons. The minimum absolute atomic E-state index is 0.132. The Kier molecular flexibility index (Phi) is 11.3. The minimum Gasteiger partial charge on any atom is -0.311 e. The molecule has 0 amide bonds. The number of nitrogens with zero attached hydrogens (tertiary/aromatic N) is 2. The molecule has 0 fully saturated rings. The molecule has 2 heteroatoms. The second kappa shape index (κ2) is 18.5. The van der Waals surface area contributed by atoms with Crippen molar-refractivity contribution < 1.29 is 0 Å². The van der Waals surface area contributed by atoms with Crippen molar-refractivity contribution in [2.45, 2.75) is 19.3 Å². The molecule has 1 aliphatic rings. The molecule has 0 saturated heterocycles. The molecular weight excluding hydrogens is 857 g/mol. The zero-order chi connectivity index (χ0) is 47.7. The molecule has 0 bridgehead atoms. The maximum absolute atomic E-state index is 2.42. The second-order valence-electron chi connectivity index (χ2n) is 18.9. The summed E-state index contributed by atoms with van der Waals surface area (Å²) in [5, 5.41) is 0. The van der Waals surface area contributed by atoms with Crippen LogP contribution in [0.15, 0.2) is 279 Å². The number of para-hydroxylation sites is 2. The van der Waals surface area contributed by atoms with Crippen LogP contribution in [0.25, 0.3) is 66.8 Å². The minimum atomic E-state index is -0.132. The third-order valence-corrected chi connectivity index (χ3v) is 14.3. The monoisotopic (exact) mass is 908 g/mol. The molecular formula is C69H52N2. The zero-order valence-corrected chi connectivity index (χ0v) is 40.0. The summed E-state index contributed by atoms with van der Waals surface area (Å²) in [6.07, 6.45) is 0. The summed E-state index contributed by atoms with van der Waals surface area (Å²) in [5.41, 5.74) is 23.6. The Morgan fingerprint density at radius 2 is 0.549 bits per heavy atom.